The molecule has 1 aliphatic rings. The van der Waals surface area contributed by atoms with Crippen molar-refractivity contribution in [2.24, 2.45) is 5.41 Å². The molecule has 3 nitrogen and oxygen atoms in total. The van der Waals surface area contributed by atoms with Gasteiger partial charge >= 0.3 is 0 Å². The molecule has 0 unspecified atom stereocenters. The fraction of sp³-hybridized carbons (Fsp3) is 0.800. The lowest BCUT2D eigenvalue weighted by molar-refractivity contribution is 0.0814. The van der Waals surface area contributed by atoms with E-state index >= 15 is 0 Å². The Morgan fingerprint density at radius 3 is 2.71 bits per heavy atom. The molecule has 78 valence electrons. The normalized spacial score (nSPS) is 20.9. The van der Waals surface area contributed by atoms with Crippen molar-refractivity contribution in [2.45, 2.75) is 38.5 Å². The highest BCUT2D eigenvalue weighted by atomic mass is 32.1. The Bertz CT molecular complexity index is 268. The van der Waals surface area contributed by atoms with Gasteiger partial charge in [-0.1, -0.05) is 23.8 Å². The molecule has 1 saturated carbocycles. The molecule has 1 heterocycles. The first-order valence-electron chi connectivity index (χ1n) is 5.21. The zero-order chi connectivity index (χ0) is 9.86. The van der Waals surface area contributed by atoms with Crippen molar-refractivity contribution in [1.82, 2.24) is 9.59 Å². The first-order chi connectivity index (χ1) is 6.85. The van der Waals surface area contributed by atoms with Crippen LogP contribution in [0.3, 0.4) is 0 Å². The summed E-state index contributed by atoms with van der Waals surface area (Å²) >= 11 is 1.39. The number of hydrogen-bond donors (Lipinski definition) is 1. The largest absolute Gasteiger partial charge is 0.396 e. The van der Waals surface area contributed by atoms with Gasteiger partial charge in [0, 0.05) is 18.4 Å². The lowest BCUT2D eigenvalue weighted by atomic mass is 9.72. The van der Waals surface area contributed by atoms with E-state index in [0.717, 1.165) is 25.0 Å². The summed E-state index contributed by atoms with van der Waals surface area (Å²) in [4.78, 5) is 0. The van der Waals surface area contributed by atoms with Gasteiger partial charge in [0.1, 0.15) is 0 Å². The Morgan fingerprint density at radius 1 is 1.36 bits per heavy atom. The maximum Gasteiger partial charge on any atom is 0.0761 e. The number of aliphatic hydroxyl groups is 1. The molecule has 1 N–H and O–H groups in total. The lowest BCUT2D eigenvalue weighted by Crippen LogP contribution is -2.30. The van der Waals surface area contributed by atoms with Gasteiger partial charge in [0.05, 0.1) is 5.69 Å². The Kier molecular flexibility index (Phi) is 3.13. The average Bonchev–Trinajstić information content (AvgIpc) is 2.72. The lowest BCUT2D eigenvalue weighted by Gasteiger charge is -2.34. The molecular formula is C10H16N2OS. The summed E-state index contributed by atoms with van der Waals surface area (Å²) in [6.45, 7) is 0.296. The molecule has 14 heavy (non-hydrogen) atoms. The summed E-state index contributed by atoms with van der Waals surface area (Å²) in [6, 6.07) is 0. The quantitative estimate of drug-likeness (QED) is 0.833. The van der Waals surface area contributed by atoms with E-state index in [4.69, 9.17) is 0 Å². The Balaban J connectivity index is 2.04. The van der Waals surface area contributed by atoms with Crippen molar-refractivity contribution >= 4 is 11.5 Å². The second kappa shape index (κ2) is 4.36. The fourth-order valence-corrected chi connectivity index (χ4v) is 2.79. The van der Waals surface area contributed by atoms with Crippen molar-refractivity contribution in [1.29, 1.82) is 0 Å². The summed E-state index contributed by atoms with van der Waals surface area (Å²) in [5, 5.41) is 15.5. The highest BCUT2D eigenvalue weighted by Gasteiger charge is 2.32. The Labute approximate surface area is 88.3 Å². The van der Waals surface area contributed by atoms with Crippen LogP contribution in [-0.2, 0) is 6.42 Å². The molecule has 1 fully saturated rings. The van der Waals surface area contributed by atoms with Gasteiger partial charge in [-0.05, 0) is 29.8 Å². The molecular weight excluding hydrogens is 196 g/mol. The number of hydrogen-bond acceptors (Lipinski definition) is 4. The third kappa shape index (κ3) is 2.12. The molecule has 0 spiro atoms. The van der Waals surface area contributed by atoms with Gasteiger partial charge in [0.2, 0.25) is 0 Å². The smallest absolute Gasteiger partial charge is 0.0761 e. The molecule has 4 heteroatoms. The maximum atomic E-state index is 9.50. The Hall–Kier alpha value is -0.480. The predicted octanol–water partition coefficient (Wildman–Crippen LogP) is 2.02. The summed E-state index contributed by atoms with van der Waals surface area (Å²) in [5.74, 6) is 0. The third-order valence-corrected chi connectivity index (χ3v) is 3.76. The van der Waals surface area contributed by atoms with Crippen LogP contribution in [0.25, 0.3) is 0 Å². The van der Waals surface area contributed by atoms with E-state index < -0.39 is 0 Å². The van der Waals surface area contributed by atoms with Crippen LogP contribution in [0.2, 0.25) is 0 Å². The van der Waals surface area contributed by atoms with E-state index in [9.17, 15) is 5.11 Å². The summed E-state index contributed by atoms with van der Waals surface area (Å²) < 4.78 is 3.86. The third-order valence-electron chi connectivity index (χ3n) is 3.21. The van der Waals surface area contributed by atoms with Crippen LogP contribution < -0.4 is 0 Å². The number of nitrogens with zero attached hydrogens (tertiary/aromatic N) is 2. The standard InChI is InChI=1S/C10H16N2OS/c13-8-10(4-2-1-3-5-10)6-9-7-14-12-11-9/h7,13H,1-6,8H2. The highest BCUT2D eigenvalue weighted by Crippen LogP contribution is 2.38. The second-order valence-corrected chi connectivity index (χ2v) is 4.90. The van der Waals surface area contributed by atoms with Crippen LogP contribution in [0.5, 0.6) is 0 Å². The average molecular weight is 212 g/mol. The van der Waals surface area contributed by atoms with Crippen LogP contribution >= 0.6 is 11.5 Å². The van der Waals surface area contributed by atoms with E-state index in [-0.39, 0.29) is 5.41 Å². The molecule has 0 radical (unpaired) electrons. The van der Waals surface area contributed by atoms with Gasteiger partial charge in [-0.2, -0.15) is 0 Å². The monoisotopic (exact) mass is 212 g/mol. The molecule has 1 aliphatic carbocycles. The SMILES string of the molecule is OCC1(Cc2csnn2)CCCCC1. The molecule has 0 saturated heterocycles. The van der Waals surface area contributed by atoms with E-state index in [1.165, 1.54) is 30.8 Å². The van der Waals surface area contributed by atoms with Crippen molar-refractivity contribution in [2.75, 3.05) is 6.61 Å². The van der Waals surface area contributed by atoms with Crippen LogP contribution in [0, 0.1) is 5.41 Å². The number of rotatable bonds is 3. The minimum Gasteiger partial charge on any atom is -0.396 e. The first-order valence-corrected chi connectivity index (χ1v) is 6.05. The zero-order valence-corrected chi connectivity index (χ0v) is 9.09. The van der Waals surface area contributed by atoms with Gasteiger partial charge < -0.3 is 5.11 Å². The molecule has 0 bridgehead atoms. The van der Waals surface area contributed by atoms with E-state index in [2.05, 4.69) is 9.59 Å². The minimum atomic E-state index is 0.105. The second-order valence-electron chi connectivity index (χ2n) is 4.29. The molecule has 0 atom stereocenters. The number of aliphatic hydroxyl groups excluding tert-OH is 1. The van der Waals surface area contributed by atoms with Gasteiger partial charge in [0.25, 0.3) is 0 Å². The van der Waals surface area contributed by atoms with Gasteiger partial charge in [-0.25, -0.2) is 0 Å². The number of aromatic nitrogens is 2. The molecule has 0 aliphatic heterocycles. The summed E-state index contributed by atoms with van der Waals surface area (Å²) in [6.07, 6.45) is 7.00. The van der Waals surface area contributed by atoms with E-state index in [1.807, 2.05) is 5.38 Å². The van der Waals surface area contributed by atoms with Crippen molar-refractivity contribution < 1.29 is 5.11 Å². The molecule has 1 aromatic rings. The van der Waals surface area contributed by atoms with Gasteiger partial charge in [-0.3, -0.25) is 0 Å². The summed E-state index contributed by atoms with van der Waals surface area (Å²) in [7, 11) is 0. The van der Waals surface area contributed by atoms with Crippen LogP contribution in [-0.4, -0.2) is 21.3 Å². The van der Waals surface area contributed by atoms with E-state index in [1.54, 1.807) is 0 Å². The highest BCUT2D eigenvalue weighted by molar-refractivity contribution is 7.03. The Morgan fingerprint density at radius 2 is 2.14 bits per heavy atom. The van der Waals surface area contributed by atoms with Crippen molar-refractivity contribution in [3.05, 3.63) is 11.1 Å². The molecule has 0 aromatic carbocycles. The van der Waals surface area contributed by atoms with Crippen LogP contribution in [0.15, 0.2) is 5.38 Å². The van der Waals surface area contributed by atoms with Crippen LogP contribution in [0.1, 0.15) is 37.8 Å². The van der Waals surface area contributed by atoms with Crippen LogP contribution in [0.4, 0.5) is 0 Å². The topological polar surface area (TPSA) is 46.0 Å². The molecule has 2 rings (SSSR count). The minimum absolute atomic E-state index is 0.105. The van der Waals surface area contributed by atoms with E-state index in [0.29, 0.717) is 6.61 Å². The summed E-state index contributed by atoms with van der Waals surface area (Å²) in [5.41, 5.74) is 1.15. The molecule has 1 aromatic heterocycles. The van der Waals surface area contributed by atoms with Crippen molar-refractivity contribution in [3.8, 4) is 0 Å². The predicted molar refractivity (Wildman–Crippen MR) is 56.2 cm³/mol. The zero-order valence-electron chi connectivity index (χ0n) is 8.28. The van der Waals surface area contributed by atoms with Gasteiger partial charge in [-0.15, -0.1) is 5.10 Å². The van der Waals surface area contributed by atoms with Crippen molar-refractivity contribution in [3.63, 3.8) is 0 Å². The fourth-order valence-electron chi connectivity index (χ4n) is 2.34. The maximum absolute atomic E-state index is 9.50. The molecule has 0 amide bonds. The first kappa shape index (κ1) is 10.1. The van der Waals surface area contributed by atoms with Gasteiger partial charge in [0.15, 0.2) is 0 Å².